The number of carbonyl (C=O) groups excluding carboxylic acids is 2. The van der Waals surface area contributed by atoms with Crippen LogP contribution in [0.3, 0.4) is 0 Å². The molecule has 0 unspecified atom stereocenters. The Morgan fingerprint density at radius 1 is 1.00 bits per heavy atom. The molecule has 0 radical (unpaired) electrons. The van der Waals surface area contributed by atoms with Crippen LogP contribution in [-0.2, 0) is 19.1 Å². The molecule has 0 bridgehead atoms. The van der Waals surface area contributed by atoms with E-state index in [2.05, 4.69) is 32.3 Å². The van der Waals surface area contributed by atoms with Crippen molar-refractivity contribution in [2.75, 3.05) is 18.5 Å². The third-order valence-electron chi connectivity index (χ3n) is 1.42. The van der Waals surface area contributed by atoms with Crippen LogP contribution in [0.2, 0.25) is 0 Å². The predicted octanol–water partition coefficient (Wildman–Crippen LogP) is 2.85. The standard InChI is InChI=1S/C8H12O4.C4H9Br/c1-3-11-7(9)5-6-8(10)12-4-2;1-2-3-4-5/h5-6H,3-4H2,1-2H3;2-4H2,1H3/b6-5-;. The second-order valence-electron chi connectivity index (χ2n) is 2.88. The summed E-state index contributed by atoms with van der Waals surface area (Å²) in [6, 6.07) is 0. The Morgan fingerprint density at radius 2 is 1.41 bits per heavy atom. The van der Waals surface area contributed by atoms with Gasteiger partial charge in [-0.3, -0.25) is 0 Å². The summed E-state index contributed by atoms with van der Waals surface area (Å²) in [6.07, 6.45) is 4.69. The molecular weight excluding hydrogens is 288 g/mol. The molecule has 0 amide bonds. The molecule has 0 N–H and O–H groups in total. The summed E-state index contributed by atoms with van der Waals surface area (Å²) in [5.74, 6) is -1.07. The lowest BCUT2D eigenvalue weighted by Gasteiger charge is -1.95. The van der Waals surface area contributed by atoms with Crippen molar-refractivity contribution in [1.82, 2.24) is 0 Å². The Hall–Kier alpha value is -0.840. The van der Waals surface area contributed by atoms with Gasteiger partial charge in [-0.15, -0.1) is 0 Å². The van der Waals surface area contributed by atoms with E-state index < -0.39 is 11.9 Å². The summed E-state index contributed by atoms with van der Waals surface area (Å²) in [5, 5.41) is 1.16. The van der Waals surface area contributed by atoms with Crippen LogP contribution in [0.25, 0.3) is 0 Å². The summed E-state index contributed by atoms with van der Waals surface area (Å²) in [6.45, 7) is 6.16. The Morgan fingerprint density at radius 3 is 1.59 bits per heavy atom. The van der Waals surface area contributed by atoms with E-state index in [1.807, 2.05) is 0 Å². The molecule has 0 aromatic rings. The molecule has 0 aromatic carbocycles. The van der Waals surface area contributed by atoms with Gasteiger partial charge in [-0.1, -0.05) is 29.3 Å². The second-order valence-corrected chi connectivity index (χ2v) is 3.67. The van der Waals surface area contributed by atoms with E-state index >= 15 is 0 Å². The first kappa shape index (κ1) is 18.5. The molecule has 0 heterocycles. The Balaban J connectivity index is 0. The maximum absolute atomic E-state index is 10.6. The van der Waals surface area contributed by atoms with Gasteiger partial charge in [-0.25, -0.2) is 9.59 Å². The van der Waals surface area contributed by atoms with Gasteiger partial charge in [0, 0.05) is 17.5 Å². The van der Waals surface area contributed by atoms with Crippen LogP contribution >= 0.6 is 15.9 Å². The van der Waals surface area contributed by atoms with Crippen LogP contribution in [0.1, 0.15) is 33.6 Å². The van der Waals surface area contributed by atoms with Gasteiger partial charge in [0.15, 0.2) is 0 Å². The summed E-state index contributed by atoms with van der Waals surface area (Å²) in [5.41, 5.74) is 0. The molecule has 0 fully saturated rings. The van der Waals surface area contributed by atoms with Gasteiger partial charge in [0.25, 0.3) is 0 Å². The highest BCUT2D eigenvalue weighted by molar-refractivity contribution is 9.09. The molecule has 0 saturated carbocycles. The van der Waals surface area contributed by atoms with Crippen molar-refractivity contribution in [3.05, 3.63) is 12.2 Å². The predicted molar refractivity (Wildman–Crippen MR) is 71.1 cm³/mol. The Bertz CT molecular complexity index is 205. The normalized spacial score (nSPS) is 9.41. The molecular formula is C12H21BrO4. The first-order chi connectivity index (χ1) is 8.12. The minimum atomic E-state index is -0.537. The minimum absolute atomic E-state index is 0.298. The van der Waals surface area contributed by atoms with Gasteiger partial charge >= 0.3 is 11.9 Å². The van der Waals surface area contributed by atoms with E-state index in [1.165, 1.54) is 12.8 Å². The number of carbonyl (C=O) groups is 2. The molecule has 0 spiro atoms. The van der Waals surface area contributed by atoms with Crippen molar-refractivity contribution in [2.24, 2.45) is 0 Å². The van der Waals surface area contributed by atoms with E-state index in [4.69, 9.17) is 0 Å². The number of hydrogen-bond acceptors (Lipinski definition) is 4. The van der Waals surface area contributed by atoms with Crippen molar-refractivity contribution < 1.29 is 19.1 Å². The van der Waals surface area contributed by atoms with Crippen LogP contribution in [0.15, 0.2) is 12.2 Å². The molecule has 0 aliphatic rings. The number of rotatable bonds is 6. The summed E-state index contributed by atoms with van der Waals surface area (Å²) in [4.78, 5) is 21.3. The van der Waals surface area contributed by atoms with E-state index in [0.29, 0.717) is 13.2 Å². The van der Waals surface area contributed by atoms with Crippen molar-refractivity contribution in [3.8, 4) is 0 Å². The summed E-state index contributed by atoms with van der Waals surface area (Å²) < 4.78 is 9.07. The fourth-order valence-corrected chi connectivity index (χ4v) is 1.21. The van der Waals surface area contributed by atoms with Crippen LogP contribution in [-0.4, -0.2) is 30.5 Å². The number of hydrogen-bond donors (Lipinski definition) is 0. The largest absolute Gasteiger partial charge is 0.463 e. The summed E-state index contributed by atoms with van der Waals surface area (Å²) >= 11 is 3.31. The van der Waals surface area contributed by atoms with Crippen LogP contribution in [0, 0.1) is 0 Å². The topological polar surface area (TPSA) is 52.6 Å². The van der Waals surface area contributed by atoms with Gasteiger partial charge in [0.2, 0.25) is 0 Å². The van der Waals surface area contributed by atoms with Crippen molar-refractivity contribution in [2.45, 2.75) is 33.6 Å². The number of unbranched alkanes of at least 4 members (excludes halogenated alkanes) is 1. The zero-order valence-electron chi connectivity index (χ0n) is 10.7. The highest BCUT2D eigenvalue weighted by Gasteiger charge is 1.97. The lowest BCUT2D eigenvalue weighted by Crippen LogP contribution is -2.03. The number of esters is 2. The quantitative estimate of drug-likeness (QED) is 0.430. The first-order valence-electron chi connectivity index (χ1n) is 5.69. The molecule has 0 atom stereocenters. The Kier molecular flexibility index (Phi) is 16.5. The third-order valence-corrected chi connectivity index (χ3v) is 1.98. The maximum atomic E-state index is 10.6. The van der Waals surface area contributed by atoms with Crippen LogP contribution < -0.4 is 0 Å². The van der Waals surface area contributed by atoms with Crippen LogP contribution in [0.4, 0.5) is 0 Å². The molecule has 100 valence electrons. The number of halogens is 1. The van der Waals surface area contributed by atoms with E-state index in [1.54, 1.807) is 13.8 Å². The number of alkyl halides is 1. The molecule has 5 heteroatoms. The monoisotopic (exact) mass is 308 g/mol. The average Bonchev–Trinajstić information content (AvgIpc) is 2.29. The molecule has 0 aliphatic carbocycles. The molecule has 17 heavy (non-hydrogen) atoms. The summed E-state index contributed by atoms with van der Waals surface area (Å²) in [7, 11) is 0. The second kappa shape index (κ2) is 15.2. The zero-order valence-corrected chi connectivity index (χ0v) is 12.3. The van der Waals surface area contributed by atoms with Gasteiger partial charge < -0.3 is 9.47 Å². The highest BCUT2D eigenvalue weighted by atomic mass is 79.9. The van der Waals surface area contributed by atoms with Crippen LogP contribution in [0.5, 0.6) is 0 Å². The molecule has 0 rings (SSSR count). The lowest BCUT2D eigenvalue weighted by molar-refractivity contribution is -0.140. The molecule has 0 aliphatic heterocycles. The van der Waals surface area contributed by atoms with Crippen molar-refractivity contribution in [1.29, 1.82) is 0 Å². The van der Waals surface area contributed by atoms with E-state index in [0.717, 1.165) is 17.5 Å². The Labute approximate surface area is 111 Å². The fraction of sp³-hybridized carbons (Fsp3) is 0.667. The highest BCUT2D eigenvalue weighted by Crippen LogP contribution is 1.89. The van der Waals surface area contributed by atoms with E-state index in [-0.39, 0.29) is 0 Å². The zero-order chi connectivity index (χ0) is 13.5. The van der Waals surface area contributed by atoms with Crippen molar-refractivity contribution in [3.63, 3.8) is 0 Å². The van der Waals surface area contributed by atoms with Gasteiger partial charge in [-0.05, 0) is 20.3 Å². The van der Waals surface area contributed by atoms with Gasteiger partial charge in [0.05, 0.1) is 13.2 Å². The molecule has 0 saturated heterocycles. The fourth-order valence-electron chi connectivity index (χ4n) is 0.650. The maximum Gasteiger partial charge on any atom is 0.330 e. The van der Waals surface area contributed by atoms with Gasteiger partial charge in [-0.2, -0.15) is 0 Å². The van der Waals surface area contributed by atoms with Gasteiger partial charge in [0.1, 0.15) is 0 Å². The average molecular weight is 309 g/mol. The van der Waals surface area contributed by atoms with Crippen molar-refractivity contribution >= 4 is 27.9 Å². The molecule has 4 nitrogen and oxygen atoms in total. The lowest BCUT2D eigenvalue weighted by atomic mass is 10.4. The number of ether oxygens (including phenoxy) is 2. The third kappa shape index (κ3) is 17.8. The molecule has 0 aromatic heterocycles. The SMILES string of the molecule is CCCCBr.CCOC(=O)/C=C\C(=O)OCC. The smallest absolute Gasteiger partial charge is 0.330 e. The first-order valence-corrected chi connectivity index (χ1v) is 6.81. The minimum Gasteiger partial charge on any atom is -0.463 e. The van der Waals surface area contributed by atoms with E-state index in [9.17, 15) is 9.59 Å².